The molecule has 0 spiro atoms. The zero-order chi connectivity index (χ0) is 11.6. The van der Waals surface area contributed by atoms with Gasteiger partial charge in [-0.1, -0.05) is 0 Å². The third-order valence-corrected chi connectivity index (χ3v) is 1.29. The molecule has 3 N–H and O–H groups in total. The molecule has 7 heteroatoms. The van der Waals surface area contributed by atoms with Crippen molar-refractivity contribution < 1.29 is 34.4 Å². The van der Waals surface area contributed by atoms with E-state index in [9.17, 15) is 9.59 Å². The molecule has 0 heterocycles. The molecule has 0 saturated heterocycles. The number of carbonyl (C=O) groups excluding carboxylic acids is 2. The van der Waals surface area contributed by atoms with Crippen LogP contribution in [0.15, 0.2) is 0 Å². The number of rotatable bonds is 3. The number of carbonyl (C=O) groups is 2. The fourth-order valence-electron chi connectivity index (χ4n) is 0.706. The van der Waals surface area contributed by atoms with Gasteiger partial charge in [-0.3, -0.25) is 9.59 Å². The first-order valence-corrected chi connectivity index (χ1v) is 3.65. The van der Waals surface area contributed by atoms with Gasteiger partial charge in [-0.15, -0.1) is 0 Å². The second-order valence-corrected chi connectivity index (χ2v) is 2.77. The first-order chi connectivity index (χ1) is 6.08. The van der Waals surface area contributed by atoms with Gasteiger partial charge in [0.05, 0.1) is 0 Å². The van der Waals surface area contributed by atoms with Crippen molar-refractivity contribution in [2.45, 2.75) is 32.5 Å². The first-order valence-electron chi connectivity index (χ1n) is 3.65. The van der Waals surface area contributed by atoms with Gasteiger partial charge in [0.1, 0.15) is 0 Å². The lowest BCUT2D eigenvalue weighted by molar-refractivity contribution is -0.438. The first kappa shape index (κ1) is 12.8. The predicted octanol–water partition coefficient (Wildman–Crippen LogP) is -1.54. The number of hydrogen-bond donors (Lipinski definition) is 3. The summed E-state index contributed by atoms with van der Waals surface area (Å²) in [6, 6.07) is 0. The molecule has 0 aliphatic carbocycles. The van der Waals surface area contributed by atoms with Gasteiger partial charge in [-0.25, -0.2) is 0 Å². The van der Waals surface area contributed by atoms with Crippen LogP contribution < -0.4 is 0 Å². The van der Waals surface area contributed by atoms with E-state index in [-0.39, 0.29) is 0 Å². The Bertz CT molecular complexity index is 223. The van der Waals surface area contributed by atoms with Crippen LogP contribution in [0.2, 0.25) is 0 Å². The summed E-state index contributed by atoms with van der Waals surface area (Å²) in [5.74, 6) is -7.92. The van der Waals surface area contributed by atoms with E-state index in [1.807, 2.05) is 0 Å². The van der Waals surface area contributed by atoms with E-state index in [0.717, 1.165) is 20.8 Å². The van der Waals surface area contributed by atoms with Gasteiger partial charge in [-0.05, 0) is 0 Å². The second-order valence-electron chi connectivity index (χ2n) is 2.77. The standard InChI is InChI=1S/C7H12O7/c1-4(8)13-6(3,7(10,11)12)14-5(2)9/h10-12H,1-3H3. The van der Waals surface area contributed by atoms with Crippen LogP contribution in [0, 0.1) is 0 Å². The van der Waals surface area contributed by atoms with Crippen molar-refractivity contribution in [3.8, 4) is 0 Å². The number of aliphatic hydroxyl groups is 3. The average Bonchev–Trinajstić information content (AvgIpc) is 1.78. The molecule has 0 aromatic rings. The van der Waals surface area contributed by atoms with Crippen LogP contribution in [0.3, 0.4) is 0 Å². The molecular formula is C7H12O7. The Morgan fingerprint density at radius 3 is 1.43 bits per heavy atom. The third kappa shape index (κ3) is 3.29. The van der Waals surface area contributed by atoms with Gasteiger partial charge in [0, 0.05) is 20.8 Å². The van der Waals surface area contributed by atoms with Gasteiger partial charge in [0.15, 0.2) is 0 Å². The smallest absolute Gasteiger partial charge is 0.357 e. The molecule has 0 fully saturated rings. The third-order valence-electron chi connectivity index (χ3n) is 1.29. The molecular weight excluding hydrogens is 196 g/mol. The highest BCUT2D eigenvalue weighted by atomic mass is 16.8. The fourth-order valence-corrected chi connectivity index (χ4v) is 0.706. The summed E-state index contributed by atoms with van der Waals surface area (Å²) in [4.78, 5) is 21.1. The van der Waals surface area contributed by atoms with E-state index in [0.29, 0.717) is 0 Å². The van der Waals surface area contributed by atoms with Crippen molar-refractivity contribution in [1.29, 1.82) is 0 Å². The highest BCUT2D eigenvalue weighted by molar-refractivity contribution is 5.68. The average molecular weight is 208 g/mol. The summed E-state index contributed by atoms with van der Waals surface area (Å²) < 4.78 is 8.56. The largest absolute Gasteiger partial charge is 0.415 e. The molecule has 0 radical (unpaired) electrons. The predicted molar refractivity (Wildman–Crippen MR) is 41.3 cm³/mol. The molecule has 14 heavy (non-hydrogen) atoms. The minimum absolute atomic E-state index is 0.829. The Morgan fingerprint density at radius 2 is 1.29 bits per heavy atom. The second kappa shape index (κ2) is 3.91. The SMILES string of the molecule is CC(=O)OC(C)(OC(C)=O)C(O)(O)O. The molecule has 0 aromatic heterocycles. The molecule has 0 saturated carbocycles. The lowest BCUT2D eigenvalue weighted by Crippen LogP contribution is -2.57. The van der Waals surface area contributed by atoms with E-state index in [4.69, 9.17) is 15.3 Å². The van der Waals surface area contributed by atoms with Crippen LogP contribution in [0.4, 0.5) is 0 Å². The zero-order valence-electron chi connectivity index (χ0n) is 7.97. The van der Waals surface area contributed by atoms with Crippen LogP contribution in [0.25, 0.3) is 0 Å². The van der Waals surface area contributed by atoms with Gasteiger partial charge >= 0.3 is 23.7 Å². The zero-order valence-corrected chi connectivity index (χ0v) is 7.97. The molecule has 0 atom stereocenters. The minimum atomic E-state index is -3.47. The molecule has 0 unspecified atom stereocenters. The van der Waals surface area contributed by atoms with Crippen LogP contribution in [0.1, 0.15) is 20.8 Å². The van der Waals surface area contributed by atoms with Gasteiger partial charge in [0.25, 0.3) is 0 Å². The van der Waals surface area contributed by atoms with E-state index in [1.54, 1.807) is 0 Å². The van der Waals surface area contributed by atoms with Crippen molar-refractivity contribution >= 4 is 11.9 Å². The highest BCUT2D eigenvalue weighted by Crippen LogP contribution is 2.23. The molecule has 0 aliphatic heterocycles. The van der Waals surface area contributed by atoms with Crippen LogP contribution in [-0.4, -0.2) is 39.0 Å². The number of esters is 2. The molecule has 0 aromatic carbocycles. The molecule has 82 valence electrons. The van der Waals surface area contributed by atoms with Crippen molar-refractivity contribution in [1.82, 2.24) is 0 Å². The molecule has 7 nitrogen and oxygen atoms in total. The molecule has 0 amide bonds. The van der Waals surface area contributed by atoms with Crippen LogP contribution in [-0.2, 0) is 19.1 Å². The summed E-state index contributed by atoms with van der Waals surface area (Å²) in [5.41, 5.74) is 0. The summed E-state index contributed by atoms with van der Waals surface area (Å²) in [6.07, 6.45) is 0. The Balaban J connectivity index is 4.85. The summed E-state index contributed by atoms with van der Waals surface area (Å²) in [7, 11) is 0. The summed E-state index contributed by atoms with van der Waals surface area (Å²) >= 11 is 0. The van der Waals surface area contributed by atoms with Crippen molar-refractivity contribution in [3.05, 3.63) is 0 Å². The Labute approximate surface area is 79.9 Å². The maximum absolute atomic E-state index is 10.5. The Kier molecular flexibility index (Phi) is 3.58. The van der Waals surface area contributed by atoms with Gasteiger partial charge < -0.3 is 24.8 Å². The topological polar surface area (TPSA) is 113 Å². The molecule has 0 aliphatic rings. The minimum Gasteiger partial charge on any atom is -0.415 e. The number of hydrogen-bond acceptors (Lipinski definition) is 7. The van der Waals surface area contributed by atoms with E-state index >= 15 is 0 Å². The molecule has 0 rings (SSSR count). The van der Waals surface area contributed by atoms with Gasteiger partial charge in [-0.2, -0.15) is 0 Å². The van der Waals surface area contributed by atoms with E-state index < -0.39 is 23.7 Å². The Hall–Kier alpha value is -1.18. The molecule has 0 bridgehead atoms. The van der Waals surface area contributed by atoms with Crippen LogP contribution >= 0.6 is 0 Å². The lowest BCUT2D eigenvalue weighted by Gasteiger charge is -2.34. The van der Waals surface area contributed by atoms with E-state index in [2.05, 4.69) is 9.47 Å². The quantitative estimate of drug-likeness (QED) is 0.380. The maximum atomic E-state index is 10.5. The monoisotopic (exact) mass is 208 g/mol. The Morgan fingerprint density at radius 1 is 1.00 bits per heavy atom. The van der Waals surface area contributed by atoms with E-state index in [1.165, 1.54) is 0 Å². The van der Waals surface area contributed by atoms with Crippen molar-refractivity contribution in [3.63, 3.8) is 0 Å². The van der Waals surface area contributed by atoms with Crippen molar-refractivity contribution in [2.75, 3.05) is 0 Å². The van der Waals surface area contributed by atoms with Crippen molar-refractivity contribution in [2.24, 2.45) is 0 Å². The highest BCUT2D eigenvalue weighted by Gasteiger charge is 2.52. The maximum Gasteiger partial charge on any atom is 0.357 e. The fraction of sp³-hybridized carbons (Fsp3) is 0.714. The number of ether oxygens (including phenoxy) is 2. The summed E-state index contributed by atoms with van der Waals surface area (Å²) in [5, 5.41) is 26.4. The lowest BCUT2D eigenvalue weighted by atomic mass is 10.2. The normalized spacial score (nSPS) is 12.1. The summed E-state index contributed by atoms with van der Waals surface area (Å²) in [6.45, 7) is 2.73. The van der Waals surface area contributed by atoms with Crippen LogP contribution in [0.5, 0.6) is 0 Å². The van der Waals surface area contributed by atoms with Gasteiger partial charge in [0.2, 0.25) is 0 Å².